The maximum atomic E-state index is 13.7. The molecule has 1 atom stereocenters. The SMILES string of the molecule is CCOc1cc(C2c3c(oc4ccc(Cl)cc4c3=O)C(=O)N2c2nc(C)c(C(=O)OC)s2)ccc1O. The van der Waals surface area contributed by atoms with Crippen molar-refractivity contribution in [2.45, 2.75) is 19.9 Å². The number of halogens is 1. The first-order chi connectivity index (χ1) is 17.2. The lowest BCUT2D eigenvalue weighted by Gasteiger charge is -2.23. The molecule has 4 aromatic rings. The number of carbonyl (C=O) groups is 2. The van der Waals surface area contributed by atoms with E-state index in [2.05, 4.69) is 4.98 Å². The number of esters is 1. The van der Waals surface area contributed by atoms with Gasteiger partial charge in [-0.3, -0.25) is 14.5 Å². The van der Waals surface area contributed by atoms with E-state index >= 15 is 0 Å². The monoisotopic (exact) mass is 526 g/mol. The first-order valence-corrected chi connectivity index (χ1v) is 12.1. The van der Waals surface area contributed by atoms with Crippen molar-refractivity contribution in [3.05, 3.63) is 79.1 Å². The van der Waals surface area contributed by atoms with Crippen LogP contribution in [-0.2, 0) is 4.74 Å². The summed E-state index contributed by atoms with van der Waals surface area (Å²) in [6.07, 6.45) is 0. The van der Waals surface area contributed by atoms with Gasteiger partial charge in [-0.2, -0.15) is 0 Å². The number of amides is 1. The minimum absolute atomic E-state index is 0.0907. The number of benzene rings is 2. The molecule has 1 aliphatic heterocycles. The second kappa shape index (κ2) is 8.96. The standard InChI is InChI=1S/C25H19ClN2O7S/c1-4-34-17-9-12(5-7-15(17)29)19-18-20(30)14-10-13(26)6-8-16(14)35-21(18)23(31)28(19)25-27-11(2)22(36-25)24(32)33-3/h5-10,19,29H,4H2,1-3H3. The lowest BCUT2D eigenvalue weighted by Crippen LogP contribution is -2.29. The van der Waals surface area contributed by atoms with E-state index in [0.717, 1.165) is 11.3 Å². The third-order valence-corrected chi connectivity index (χ3v) is 7.17. The molecule has 2 aromatic heterocycles. The molecule has 0 bridgehead atoms. The van der Waals surface area contributed by atoms with Gasteiger partial charge < -0.3 is 19.0 Å². The Hall–Kier alpha value is -3.89. The first kappa shape index (κ1) is 23.8. The van der Waals surface area contributed by atoms with Crippen LogP contribution in [0.25, 0.3) is 11.0 Å². The number of rotatable bonds is 5. The molecule has 0 radical (unpaired) electrons. The number of carbonyl (C=O) groups excluding carboxylic acids is 2. The summed E-state index contributed by atoms with van der Waals surface area (Å²) in [5.74, 6) is -1.23. The van der Waals surface area contributed by atoms with Gasteiger partial charge in [-0.25, -0.2) is 9.78 Å². The molecule has 36 heavy (non-hydrogen) atoms. The number of nitrogens with zero attached hydrogens (tertiary/aromatic N) is 2. The number of hydrogen-bond donors (Lipinski definition) is 1. The first-order valence-electron chi connectivity index (χ1n) is 10.9. The molecule has 2 aromatic carbocycles. The van der Waals surface area contributed by atoms with E-state index in [0.29, 0.717) is 22.9 Å². The fraction of sp³-hybridized carbons (Fsp3) is 0.200. The van der Waals surface area contributed by atoms with Crippen molar-refractivity contribution in [1.29, 1.82) is 0 Å². The van der Waals surface area contributed by atoms with Gasteiger partial charge >= 0.3 is 5.97 Å². The van der Waals surface area contributed by atoms with Crippen molar-refractivity contribution in [2.75, 3.05) is 18.6 Å². The molecule has 0 aliphatic carbocycles. The normalized spacial score (nSPS) is 14.8. The molecule has 0 saturated heterocycles. The van der Waals surface area contributed by atoms with E-state index < -0.39 is 23.3 Å². The Kier molecular flexibility index (Phi) is 5.93. The van der Waals surface area contributed by atoms with Gasteiger partial charge in [-0.05, 0) is 49.7 Å². The van der Waals surface area contributed by atoms with Gasteiger partial charge in [-0.1, -0.05) is 29.0 Å². The van der Waals surface area contributed by atoms with Crippen LogP contribution >= 0.6 is 22.9 Å². The number of thiazole rings is 1. The smallest absolute Gasteiger partial charge is 0.350 e. The van der Waals surface area contributed by atoms with Crippen molar-refractivity contribution >= 4 is 50.9 Å². The molecule has 1 aliphatic rings. The molecule has 1 N–H and O–H groups in total. The predicted octanol–water partition coefficient (Wildman–Crippen LogP) is 4.85. The van der Waals surface area contributed by atoms with Gasteiger partial charge in [0.25, 0.3) is 5.91 Å². The Balaban J connectivity index is 1.79. The molecule has 1 unspecified atom stereocenters. The summed E-state index contributed by atoms with van der Waals surface area (Å²) in [6, 6.07) is 8.17. The van der Waals surface area contributed by atoms with Crippen LogP contribution < -0.4 is 15.1 Å². The van der Waals surface area contributed by atoms with E-state index in [1.165, 1.54) is 30.2 Å². The minimum atomic E-state index is -0.969. The average molecular weight is 527 g/mol. The van der Waals surface area contributed by atoms with Crippen molar-refractivity contribution in [3.8, 4) is 11.5 Å². The zero-order valence-corrected chi connectivity index (χ0v) is 20.9. The Morgan fingerprint density at radius 2 is 2.03 bits per heavy atom. The summed E-state index contributed by atoms with van der Waals surface area (Å²) < 4.78 is 16.3. The summed E-state index contributed by atoms with van der Waals surface area (Å²) in [5, 5.41) is 11.0. The molecule has 11 heteroatoms. The highest BCUT2D eigenvalue weighted by Crippen LogP contribution is 2.44. The largest absolute Gasteiger partial charge is 0.504 e. The number of aromatic nitrogens is 1. The van der Waals surface area contributed by atoms with Gasteiger partial charge in [0.15, 0.2) is 22.1 Å². The zero-order chi connectivity index (χ0) is 25.7. The highest BCUT2D eigenvalue weighted by atomic mass is 35.5. The lowest BCUT2D eigenvalue weighted by molar-refractivity contribution is 0.0605. The van der Waals surface area contributed by atoms with E-state index in [9.17, 15) is 19.5 Å². The second-order valence-electron chi connectivity index (χ2n) is 7.95. The fourth-order valence-electron chi connectivity index (χ4n) is 4.20. The van der Waals surface area contributed by atoms with Crippen LogP contribution in [0.3, 0.4) is 0 Å². The minimum Gasteiger partial charge on any atom is -0.504 e. The summed E-state index contributed by atoms with van der Waals surface area (Å²) in [6.45, 7) is 3.69. The van der Waals surface area contributed by atoms with Crippen molar-refractivity contribution in [1.82, 2.24) is 4.98 Å². The highest BCUT2D eigenvalue weighted by molar-refractivity contribution is 7.17. The number of fused-ring (bicyclic) bond motifs is 2. The van der Waals surface area contributed by atoms with Crippen molar-refractivity contribution < 1.29 is 28.6 Å². The van der Waals surface area contributed by atoms with Gasteiger partial charge in [-0.15, -0.1) is 0 Å². The Labute approximate surface area is 213 Å². The third-order valence-electron chi connectivity index (χ3n) is 5.79. The molecule has 1 amide bonds. The Bertz CT molecular complexity index is 1610. The number of aromatic hydroxyl groups is 1. The molecular weight excluding hydrogens is 508 g/mol. The van der Waals surface area contributed by atoms with Crippen LogP contribution in [0.2, 0.25) is 5.02 Å². The van der Waals surface area contributed by atoms with Crippen LogP contribution in [0.15, 0.2) is 45.6 Å². The molecule has 9 nitrogen and oxygen atoms in total. The predicted molar refractivity (Wildman–Crippen MR) is 134 cm³/mol. The van der Waals surface area contributed by atoms with Crippen molar-refractivity contribution in [2.24, 2.45) is 0 Å². The molecule has 0 fully saturated rings. The maximum Gasteiger partial charge on any atom is 0.350 e. The van der Waals surface area contributed by atoms with E-state index in [1.54, 1.807) is 32.0 Å². The van der Waals surface area contributed by atoms with Crippen LogP contribution in [0, 0.1) is 6.92 Å². The zero-order valence-electron chi connectivity index (χ0n) is 19.3. The number of methoxy groups -OCH3 is 1. The molecule has 0 saturated carbocycles. The van der Waals surface area contributed by atoms with Gasteiger partial charge in [0.2, 0.25) is 5.76 Å². The number of ether oxygens (including phenoxy) is 2. The summed E-state index contributed by atoms with van der Waals surface area (Å²) in [4.78, 5) is 45.6. The fourth-order valence-corrected chi connectivity index (χ4v) is 5.38. The number of anilines is 1. The molecule has 0 spiro atoms. The van der Waals surface area contributed by atoms with E-state index in [4.69, 9.17) is 25.5 Å². The van der Waals surface area contributed by atoms with Crippen LogP contribution in [0.4, 0.5) is 5.13 Å². The summed E-state index contributed by atoms with van der Waals surface area (Å²) in [7, 11) is 1.26. The quantitative estimate of drug-likeness (QED) is 0.366. The average Bonchev–Trinajstić information content (AvgIpc) is 3.38. The van der Waals surface area contributed by atoms with Gasteiger partial charge in [0.1, 0.15) is 10.5 Å². The van der Waals surface area contributed by atoms with E-state index in [1.807, 2.05) is 0 Å². The Morgan fingerprint density at radius 3 is 2.75 bits per heavy atom. The number of phenolic OH excluding ortho intramolecular Hbond substituents is 1. The van der Waals surface area contributed by atoms with Crippen LogP contribution in [-0.4, -0.2) is 35.7 Å². The number of hydrogen-bond acceptors (Lipinski definition) is 9. The Morgan fingerprint density at radius 1 is 1.25 bits per heavy atom. The maximum absolute atomic E-state index is 13.7. The molecular formula is C25H19ClN2O7S. The molecule has 184 valence electrons. The van der Waals surface area contributed by atoms with Crippen molar-refractivity contribution in [3.63, 3.8) is 0 Å². The lowest BCUT2D eigenvalue weighted by atomic mass is 9.98. The van der Waals surface area contributed by atoms with Crippen LogP contribution in [0.5, 0.6) is 11.5 Å². The van der Waals surface area contributed by atoms with Gasteiger partial charge in [0, 0.05) is 5.02 Å². The highest BCUT2D eigenvalue weighted by Gasteiger charge is 2.45. The van der Waals surface area contributed by atoms with Gasteiger partial charge in [0.05, 0.1) is 36.4 Å². The van der Waals surface area contributed by atoms with E-state index in [-0.39, 0.29) is 43.8 Å². The topological polar surface area (TPSA) is 119 Å². The summed E-state index contributed by atoms with van der Waals surface area (Å²) >= 11 is 7.10. The third kappa shape index (κ3) is 3.69. The molecule has 3 heterocycles. The summed E-state index contributed by atoms with van der Waals surface area (Å²) in [5.41, 5.74) is 0.728. The van der Waals surface area contributed by atoms with Crippen LogP contribution in [0.1, 0.15) is 50.0 Å². The number of phenols is 1. The second-order valence-corrected chi connectivity index (χ2v) is 9.37. The number of aryl methyl sites for hydroxylation is 1. The molecule has 5 rings (SSSR count).